The molecule has 2 amide bonds. The van der Waals surface area contributed by atoms with Crippen LogP contribution >= 0.6 is 23.2 Å². The van der Waals surface area contributed by atoms with Gasteiger partial charge in [0.2, 0.25) is 11.8 Å². The van der Waals surface area contributed by atoms with Gasteiger partial charge in [0.1, 0.15) is 11.8 Å². The summed E-state index contributed by atoms with van der Waals surface area (Å²) in [6, 6.07) is 12.0. The van der Waals surface area contributed by atoms with E-state index in [0.717, 1.165) is 11.1 Å². The number of rotatable bonds is 9. The van der Waals surface area contributed by atoms with Gasteiger partial charge < -0.3 is 15.0 Å². The molecule has 7 heteroatoms. The second-order valence-electron chi connectivity index (χ2n) is 7.39. The summed E-state index contributed by atoms with van der Waals surface area (Å²) in [7, 11) is 1.59. The average Bonchev–Trinajstić information content (AvgIpc) is 2.70. The van der Waals surface area contributed by atoms with Crippen LogP contribution in [-0.4, -0.2) is 35.9 Å². The molecule has 0 radical (unpaired) electrons. The molecule has 0 saturated heterocycles. The van der Waals surface area contributed by atoms with Gasteiger partial charge >= 0.3 is 0 Å². The number of halogens is 2. The monoisotopic (exact) mass is 450 g/mol. The van der Waals surface area contributed by atoms with Gasteiger partial charge in [0, 0.05) is 12.6 Å². The van der Waals surface area contributed by atoms with Gasteiger partial charge in [-0.2, -0.15) is 0 Å². The zero-order valence-electron chi connectivity index (χ0n) is 17.7. The van der Waals surface area contributed by atoms with E-state index >= 15 is 0 Å². The van der Waals surface area contributed by atoms with Crippen LogP contribution in [0.2, 0.25) is 10.0 Å². The first-order valence-corrected chi connectivity index (χ1v) is 10.7. The quantitative estimate of drug-likeness (QED) is 0.592. The SMILES string of the molecule is CC[C@@H](C(=O)NC(C)C)N(Cc1cccc(OC)c1)C(=O)Cc1ccc(Cl)c(Cl)c1. The molecule has 0 aliphatic rings. The first-order valence-electron chi connectivity index (χ1n) is 9.91. The van der Waals surface area contributed by atoms with E-state index in [4.69, 9.17) is 27.9 Å². The zero-order chi connectivity index (χ0) is 22.3. The van der Waals surface area contributed by atoms with Crippen LogP contribution in [0.25, 0.3) is 0 Å². The summed E-state index contributed by atoms with van der Waals surface area (Å²) in [4.78, 5) is 27.7. The van der Waals surface area contributed by atoms with E-state index in [-0.39, 0.29) is 24.3 Å². The minimum Gasteiger partial charge on any atom is -0.497 e. The van der Waals surface area contributed by atoms with Gasteiger partial charge in [-0.3, -0.25) is 9.59 Å². The second kappa shape index (κ2) is 11.2. The number of hydrogen-bond donors (Lipinski definition) is 1. The van der Waals surface area contributed by atoms with Crippen LogP contribution in [0.1, 0.15) is 38.3 Å². The van der Waals surface area contributed by atoms with E-state index in [1.54, 1.807) is 30.2 Å². The fourth-order valence-electron chi connectivity index (χ4n) is 3.19. The molecule has 0 unspecified atom stereocenters. The molecule has 0 spiro atoms. The Morgan fingerprint density at radius 2 is 1.80 bits per heavy atom. The number of carbonyl (C=O) groups excluding carboxylic acids is 2. The van der Waals surface area contributed by atoms with Crippen molar-refractivity contribution in [3.63, 3.8) is 0 Å². The Morgan fingerprint density at radius 3 is 2.40 bits per heavy atom. The summed E-state index contributed by atoms with van der Waals surface area (Å²) in [6.45, 7) is 5.99. The third-order valence-corrected chi connectivity index (χ3v) is 5.38. The van der Waals surface area contributed by atoms with Crippen molar-refractivity contribution in [3.05, 3.63) is 63.6 Å². The molecule has 0 aliphatic heterocycles. The third-order valence-electron chi connectivity index (χ3n) is 4.64. The van der Waals surface area contributed by atoms with Crippen molar-refractivity contribution >= 4 is 35.0 Å². The standard InChI is InChI=1S/C23H28Cl2N2O3/c1-5-21(23(29)26-15(2)3)27(14-17-7-6-8-18(11-17)30-4)22(28)13-16-9-10-19(24)20(25)12-16/h6-12,15,21H,5,13-14H2,1-4H3,(H,26,29)/t21-/m0/s1. The molecule has 1 atom stereocenters. The van der Waals surface area contributed by atoms with Crippen LogP contribution in [0, 0.1) is 0 Å². The highest BCUT2D eigenvalue weighted by atomic mass is 35.5. The van der Waals surface area contributed by atoms with E-state index in [9.17, 15) is 9.59 Å². The van der Waals surface area contributed by atoms with E-state index in [1.165, 1.54) is 0 Å². The summed E-state index contributed by atoms with van der Waals surface area (Å²) in [6.07, 6.45) is 0.613. The molecule has 5 nitrogen and oxygen atoms in total. The molecule has 0 heterocycles. The summed E-state index contributed by atoms with van der Waals surface area (Å²) in [5.41, 5.74) is 1.62. The molecule has 0 fully saturated rings. The molecule has 0 aromatic heterocycles. The number of nitrogens with one attached hydrogen (secondary N) is 1. The third kappa shape index (κ3) is 6.64. The maximum absolute atomic E-state index is 13.3. The van der Waals surface area contributed by atoms with Crippen LogP contribution in [-0.2, 0) is 22.6 Å². The summed E-state index contributed by atoms with van der Waals surface area (Å²) in [5.74, 6) is 0.365. The smallest absolute Gasteiger partial charge is 0.243 e. The number of amides is 2. The normalized spacial score (nSPS) is 11.8. The average molecular weight is 451 g/mol. The Kier molecular flexibility index (Phi) is 9.00. The predicted octanol–water partition coefficient (Wildman–Crippen LogP) is 4.88. The van der Waals surface area contributed by atoms with Gasteiger partial charge in [-0.05, 0) is 55.7 Å². The zero-order valence-corrected chi connectivity index (χ0v) is 19.3. The van der Waals surface area contributed by atoms with Crippen molar-refractivity contribution in [1.82, 2.24) is 10.2 Å². The molecule has 162 valence electrons. The number of methoxy groups -OCH3 is 1. The molecule has 0 saturated carbocycles. The Bertz CT molecular complexity index is 887. The van der Waals surface area contributed by atoms with Gasteiger partial charge in [-0.25, -0.2) is 0 Å². The Labute approximate surface area is 188 Å². The van der Waals surface area contributed by atoms with Gasteiger partial charge in [0.15, 0.2) is 0 Å². The lowest BCUT2D eigenvalue weighted by Crippen LogP contribution is -2.50. The lowest BCUT2D eigenvalue weighted by Gasteiger charge is -2.31. The molecular formula is C23H28Cl2N2O3. The Morgan fingerprint density at radius 1 is 1.07 bits per heavy atom. The second-order valence-corrected chi connectivity index (χ2v) is 8.20. The minimum atomic E-state index is -0.589. The highest BCUT2D eigenvalue weighted by Crippen LogP contribution is 2.24. The number of hydrogen-bond acceptors (Lipinski definition) is 3. The van der Waals surface area contributed by atoms with Crippen molar-refractivity contribution in [1.29, 1.82) is 0 Å². The fraction of sp³-hybridized carbons (Fsp3) is 0.391. The summed E-state index contributed by atoms with van der Waals surface area (Å²) >= 11 is 12.1. The number of ether oxygens (including phenoxy) is 1. The fourth-order valence-corrected chi connectivity index (χ4v) is 3.51. The highest BCUT2D eigenvalue weighted by molar-refractivity contribution is 6.42. The minimum absolute atomic E-state index is 0.0182. The Hall–Kier alpha value is -2.24. The molecular weight excluding hydrogens is 423 g/mol. The van der Waals surface area contributed by atoms with E-state index in [2.05, 4.69) is 5.32 Å². The van der Waals surface area contributed by atoms with Gasteiger partial charge in [-0.1, -0.05) is 48.3 Å². The van der Waals surface area contributed by atoms with Crippen molar-refractivity contribution < 1.29 is 14.3 Å². The largest absolute Gasteiger partial charge is 0.497 e. The van der Waals surface area contributed by atoms with Crippen LogP contribution in [0.5, 0.6) is 5.75 Å². The number of benzene rings is 2. The summed E-state index contributed by atoms with van der Waals surface area (Å²) < 4.78 is 5.29. The van der Waals surface area contributed by atoms with Crippen LogP contribution < -0.4 is 10.1 Å². The first-order chi connectivity index (χ1) is 14.2. The van der Waals surface area contributed by atoms with Crippen molar-refractivity contribution in [2.75, 3.05) is 7.11 Å². The molecule has 0 aliphatic carbocycles. The molecule has 2 rings (SSSR count). The lowest BCUT2D eigenvalue weighted by molar-refractivity contribution is -0.141. The van der Waals surface area contributed by atoms with E-state index in [1.807, 2.05) is 45.0 Å². The maximum atomic E-state index is 13.3. The first kappa shape index (κ1) is 24.0. The molecule has 2 aromatic carbocycles. The highest BCUT2D eigenvalue weighted by Gasteiger charge is 2.29. The maximum Gasteiger partial charge on any atom is 0.243 e. The van der Waals surface area contributed by atoms with Gasteiger partial charge in [0.25, 0.3) is 0 Å². The van der Waals surface area contributed by atoms with Crippen LogP contribution in [0.15, 0.2) is 42.5 Å². The number of carbonyl (C=O) groups is 2. The van der Waals surface area contributed by atoms with E-state index < -0.39 is 6.04 Å². The molecule has 30 heavy (non-hydrogen) atoms. The summed E-state index contributed by atoms with van der Waals surface area (Å²) in [5, 5.41) is 3.75. The predicted molar refractivity (Wildman–Crippen MR) is 121 cm³/mol. The molecule has 0 bridgehead atoms. The van der Waals surface area contributed by atoms with E-state index in [0.29, 0.717) is 28.8 Å². The molecule has 1 N–H and O–H groups in total. The Balaban J connectivity index is 2.33. The van der Waals surface area contributed by atoms with Gasteiger partial charge in [-0.15, -0.1) is 0 Å². The van der Waals surface area contributed by atoms with Crippen molar-refractivity contribution in [3.8, 4) is 5.75 Å². The van der Waals surface area contributed by atoms with Crippen molar-refractivity contribution in [2.24, 2.45) is 0 Å². The lowest BCUT2D eigenvalue weighted by atomic mass is 10.1. The van der Waals surface area contributed by atoms with Crippen LogP contribution in [0.4, 0.5) is 0 Å². The topological polar surface area (TPSA) is 58.6 Å². The van der Waals surface area contributed by atoms with Gasteiger partial charge in [0.05, 0.1) is 23.6 Å². The van der Waals surface area contributed by atoms with Crippen molar-refractivity contribution in [2.45, 2.75) is 52.2 Å². The van der Waals surface area contributed by atoms with Crippen LogP contribution in [0.3, 0.4) is 0 Å². The number of nitrogens with zero attached hydrogens (tertiary/aromatic N) is 1. The molecule has 2 aromatic rings.